The Bertz CT molecular complexity index is 1550. The van der Waals surface area contributed by atoms with Gasteiger partial charge in [-0.15, -0.1) is 0 Å². The van der Waals surface area contributed by atoms with Crippen molar-refractivity contribution >= 4 is 22.8 Å². The normalized spacial score (nSPS) is 16.3. The number of nitrogens with zero attached hydrogens (tertiary/aromatic N) is 7. The summed E-state index contributed by atoms with van der Waals surface area (Å²) in [5.74, 6) is -0.00382. The minimum absolute atomic E-state index is 0.152. The van der Waals surface area contributed by atoms with Crippen LogP contribution in [0.15, 0.2) is 43.0 Å². The number of nitrogens with one attached hydrogen (secondary N) is 1. The third kappa shape index (κ3) is 5.97. The van der Waals surface area contributed by atoms with E-state index in [0.717, 1.165) is 11.8 Å². The molecular weight excluding hydrogens is 525 g/mol. The van der Waals surface area contributed by atoms with Gasteiger partial charge in [0.2, 0.25) is 0 Å². The average molecular weight is 555 g/mol. The van der Waals surface area contributed by atoms with Gasteiger partial charge >= 0.3 is 12.3 Å². The second kappa shape index (κ2) is 10.4. The van der Waals surface area contributed by atoms with Crippen LogP contribution in [0.5, 0.6) is 0 Å². The lowest BCUT2D eigenvalue weighted by Gasteiger charge is -2.35. The van der Waals surface area contributed by atoms with Crippen molar-refractivity contribution in [1.82, 2.24) is 35.0 Å². The lowest BCUT2D eigenvalue weighted by Crippen LogP contribution is -2.49. The molecule has 0 radical (unpaired) electrons. The average Bonchev–Trinajstić information content (AvgIpc) is 3.30. The molecule has 5 rings (SSSR count). The molecule has 10 nitrogen and oxygen atoms in total. The molecular formula is C27H29F3N8O2. The minimum atomic E-state index is -4.63. The van der Waals surface area contributed by atoms with Crippen molar-refractivity contribution in [2.75, 3.05) is 18.0 Å². The molecule has 1 aliphatic heterocycles. The zero-order valence-electron chi connectivity index (χ0n) is 22.5. The summed E-state index contributed by atoms with van der Waals surface area (Å²) in [6, 6.07) is 3.67. The molecule has 0 bridgehead atoms. The van der Waals surface area contributed by atoms with E-state index < -0.39 is 29.5 Å². The maximum atomic E-state index is 14.1. The number of carbonyl (C=O) groups is 1. The van der Waals surface area contributed by atoms with Gasteiger partial charge in [0.25, 0.3) is 0 Å². The molecule has 1 aliphatic rings. The SMILES string of the molecule is Cc1cncc(-c2cc3c(cn2)cnn3-c2ccc(C(F)(F)F)c(N3CCC[C@H](NC(=O)OC(C)(C)C)C3)n2)n1. The molecule has 1 saturated heterocycles. The van der Waals surface area contributed by atoms with Crippen LogP contribution in [0.4, 0.5) is 23.8 Å². The van der Waals surface area contributed by atoms with Gasteiger partial charge in [0.1, 0.15) is 17.1 Å². The molecule has 0 unspecified atom stereocenters. The third-order valence-electron chi connectivity index (χ3n) is 6.29. The molecule has 0 aliphatic carbocycles. The molecule has 5 heterocycles. The number of amides is 1. The van der Waals surface area contributed by atoms with Gasteiger partial charge in [0.05, 0.1) is 34.9 Å². The molecule has 13 heteroatoms. The summed E-state index contributed by atoms with van der Waals surface area (Å²) in [6.07, 6.45) is 2.37. The number of pyridine rings is 2. The van der Waals surface area contributed by atoms with Gasteiger partial charge in [-0.1, -0.05) is 0 Å². The molecule has 40 heavy (non-hydrogen) atoms. The first-order chi connectivity index (χ1) is 18.9. The number of hydrogen-bond donors (Lipinski definition) is 1. The maximum Gasteiger partial charge on any atom is 0.419 e. The fraction of sp³-hybridized carbons (Fsp3) is 0.407. The van der Waals surface area contributed by atoms with Gasteiger partial charge in [-0.3, -0.25) is 9.97 Å². The van der Waals surface area contributed by atoms with Crippen LogP contribution in [0.2, 0.25) is 0 Å². The molecule has 1 fully saturated rings. The Kier molecular flexibility index (Phi) is 7.06. The number of halogens is 3. The van der Waals surface area contributed by atoms with Crippen molar-refractivity contribution < 1.29 is 22.7 Å². The van der Waals surface area contributed by atoms with E-state index in [1.807, 2.05) is 6.92 Å². The van der Waals surface area contributed by atoms with Crippen molar-refractivity contribution in [2.45, 2.75) is 58.4 Å². The number of fused-ring (bicyclic) bond motifs is 1. The molecule has 210 valence electrons. The fourth-order valence-electron chi connectivity index (χ4n) is 4.61. The molecule has 1 amide bonds. The van der Waals surface area contributed by atoms with Gasteiger partial charge in [0.15, 0.2) is 5.82 Å². The quantitative estimate of drug-likeness (QED) is 0.371. The van der Waals surface area contributed by atoms with Crippen LogP contribution in [0, 0.1) is 6.92 Å². The van der Waals surface area contributed by atoms with Crippen LogP contribution in [0.25, 0.3) is 28.1 Å². The second-order valence-corrected chi connectivity index (χ2v) is 10.7. The Balaban J connectivity index is 1.50. The van der Waals surface area contributed by atoms with E-state index >= 15 is 0 Å². The number of hydrogen-bond acceptors (Lipinski definition) is 8. The summed E-state index contributed by atoms with van der Waals surface area (Å²) in [5, 5.41) is 7.85. The summed E-state index contributed by atoms with van der Waals surface area (Å²) in [6.45, 7) is 7.57. The summed E-state index contributed by atoms with van der Waals surface area (Å²) in [7, 11) is 0. The summed E-state index contributed by atoms with van der Waals surface area (Å²) >= 11 is 0. The zero-order chi connectivity index (χ0) is 28.7. The smallest absolute Gasteiger partial charge is 0.419 e. The summed E-state index contributed by atoms with van der Waals surface area (Å²) in [4.78, 5) is 31.4. The first-order valence-electron chi connectivity index (χ1n) is 12.8. The second-order valence-electron chi connectivity index (χ2n) is 10.7. The maximum absolute atomic E-state index is 14.1. The predicted octanol–water partition coefficient (Wildman–Crippen LogP) is 5.09. The van der Waals surface area contributed by atoms with E-state index in [1.165, 1.54) is 10.7 Å². The zero-order valence-corrected chi connectivity index (χ0v) is 22.5. The van der Waals surface area contributed by atoms with E-state index in [1.54, 1.807) is 56.5 Å². The number of aromatic nitrogens is 6. The van der Waals surface area contributed by atoms with Gasteiger partial charge < -0.3 is 15.0 Å². The number of alkyl halides is 3. The van der Waals surface area contributed by atoms with Crippen molar-refractivity contribution in [3.05, 3.63) is 54.2 Å². The summed E-state index contributed by atoms with van der Waals surface area (Å²) < 4.78 is 49.1. The number of aryl methyl sites for hydroxylation is 1. The first-order valence-corrected chi connectivity index (χ1v) is 12.8. The van der Waals surface area contributed by atoms with E-state index in [2.05, 4.69) is 30.4 Å². The van der Waals surface area contributed by atoms with E-state index in [-0.39, 0.29) is 18.2 Å². The number of carbonyl (C=O) groups excluding carboxylic acids is 1. The van der Waals surface area contributed by atoms with Crippen molar-refractivity contribution in [2.24, 2.45) is 0 Å². The third-order valence-corrected chi connectivity index (χ3v) is 6.29. The predicted molar refractivity (Wildman–Crippen MR) is 142 cm³/mol. The van der Waals surface area contributed by atoms with Gasteiger partial charge in [-0.25, -0.2) is 19.4 Å². The Hall–Kier alpha value is -4.29. The Morgan fingerprint density at radius 1 is 1.07 bits per heavy atom. The lowest BCUT2D eigenvalue weighted by molar-refractivity contribution is -0.137. The number of piperidine rings is 1. The molecule has 4 aromatic heterocycles. The van der Waals surface area contributed by atoms with E-state index in [0.29, 0.717) is 41.7 Å². The van der Waals surface area contributed by atoms with Crippen molar-refractivity contribution in [1.29, 1.82) is 0 Å². The molecule has 0 saturated carbocycles. The number of ether oxygens (including phenoxy) is 1. The summed E-state index contributed by atoms with van der Waals surface area (Å²) in [5.41, 5.74) is 0.892. The highest BCUT2D eigenvalue weighted by atomic mass is 19.4. The van der Waals surface area contributed by atoms with Crippen LogP contribution in [-0.2, 0) is 10.9 Å². The molecule has 0 spiro atoms. The monoisotopic (exact) mass is 554 g/mol. The van der Waals surface area contributed by atoms with Crippen LogP contribution < -0.4 is 10.2 Å². The lowest BCUT2D eigenvalue weighted by atomic mass is 10.0. The first kappa shape index (κ1) is 27.3. The van der Waals surface area contributed by atoms with Crippen LogP contribution in [0.1, 0.15) is 44.9 Å². The van der Waals surface area contributed by atoms with Gasteiger partial charge in [-0.2, -0.15) is 18.3 Å². The largest absolute Gasteiger partial charge is 0.444 e. The standard InChI is InChI=1S/C27H29F3N8O2/c1-16-11-31-14-21(34-16)20-10-22-17(12-32-20)13-33-38(22)23-8-7-19(27(28,29)30)24(36-23)37-9-5-6-18(15-37)35-25(39)40-26(2,3)4/h7-8,10-14,18H,5-6,9,15H2,1-4H3,(H,35,39)/t18-/m0/s1. The minimum Gasteiger partial charge on any atom is -0.444 e. The number of rotatable bonds is 4. The highest BCUT2D eigenvalue weighted by Gasteiger charge is 2.37. The topological polar surface area (TPSA) is 111 Å². The van der Waals surface area contributed by atoms with Crippen molar-refractivity contribution in [3.8, 4) is 17.2 Å². The van der Waals surface area contributed by atoms with Gasteiger partial charge in [-0.05, 0) is 58.7 Å². The van der Waals surface area contributed by atoms with Gasteiger partial charge in [0, 0.05) is 36.9 Å². The highest BCUT2D eigenvalue weighted by Crippen LogP contribution is 2.37. The molecule has 4 aromatic rings. The molecule has 0 aromatic carbocycles. The number of anilines is 1. The highest BCUT2D eigenvalue weighted by molar-refractivity contribution is 5.82. The van der Waals surface area contributed by atoms with Crippen LogP contribution in [0.3, 0.4) is 0 Å². The Morgan fingerprint density at radius 2 is 1.88 bits per heavy atom. The molecule has 1 atom stereocenters. The van der Waals surface area contributed by atoms with Crippen LogP contribution in [-0.4, -0.2) is 60.5 Å². The van der Waals surface area contributed by atoms with E-state index in [9.17, 15) is 18.0 Å². The molecule has 1 N–H and O–H groups in total. The fourth-order valence-corrected chi connectivity index (χ4v) is 4.61. The van der Waals surface area contributed by atoms with Crippen LogP contribution >= 0.6 is 0 Å². The Labute approximate surface area is 228 Å². The van der Waals surface area contributed by atoms with E-state index in [4.69, 9.17) is 4.74 Å². The number of alkyl carbamates (subject to hydrolysis) is 1. The van der Waals surface area contributed by atoms with Crippen molar-refractivity contribution in [3.63, 3.8) is 0 Å². The Morgan fingerprint density at radius 3 is 2.60 bits per heavy atom.